The van der Waals surface area contributed by atoms with Crippen LogP contribution in [0.2, 0.25) is 10.0 Å². The van der Waals surface area contributed by atoms with Crippen molar-refractivity contribution in [2.75, 3.05) is 31.5 Å². The number of para-hydroxylation sites is 1. The second-order valence-electron chi connectivity index (χ2n) is 3.55. The van der Waals surface area contributed by atoms with Gasteiger partial charge in [0, 0.05) is 13.1 Å². The third kappa shape index (κ3) is 3.85. The van der Waals surface area contributed by atoms with E-state index in [2.05, 4.69) is 24.1 Å². The highest BCUT2D eigenvalue weighted by atomic mass is 35.5. The van der Waals surface area contributed by atoms with Gasteiger partial charge in [0.05, 0.1) is 15.7 Å². The van der Waals surface area contributed by atoms with Gasteiger partial charge in [-0.3, -0.25) is 0 Å². The predicted octanol–water partition coefficient (Wildman–Crippen LogP) is 3.75. The SMILES string of the molecule is CCN(CC)CCNc1c(Cl)cccc1Cl. The summed E-state index contributed by atoms with van der Waals surface area (Å²) in [5.41, 5.74) is 0.831. The Morgan fingerprint density at radius 2 is 1.69 bits per heavy atom. The zero-order chi connectivity index (χ0) is 12.0. The topological polar surface area (TPSA) is 15.3 Å². The molecule has 4 heteroatoms. The van der Waals surface area contributed by atoms with Crippen LogP contribution in [0.5, 0.6) is 0 Å². The number of nitrogens with one attached hydrogen (secondary N) is 1. The van der Waals surface area contributed by atoms with E-state index < -0.39 is 0 Å². The Labute approximate surface area is 108 Å². The average Bonchev–Trinajstić information content (AvgIpc) is 2.28. The van der Waals surface area contributed by atoms with E-state index in [1.165, 1.54) is 0 Å². The summed E-state index contributed by atoms with van der Waals surface area (Å²) in [4.78, 5) is 2.34. The summed E-state index contributed by atoms with van der Waals surface area (Å²) in [6.07, 6.45) is 0. The van der Waals surface area contributed by atoms with Gasteiger partial charge < -0.3 is 10.2 Å². The zero-order valence-electron chi connectivity index (χ0n) is 9.76. The van der Waals surface area contributed by atoms with E-state index in [0.29, 0.717) is 10.0 Å². The summed E-state index contributed by atoms with van der Waals surface area (Å²) in [6.45, 7) is 8.29. The molecule has 1 N–H and O–H groups in total. The van der Waals surface area contributed by atoms with Crippen LogP contribution in [-0.4, -0.2) is 31.1 Å². The fraction of sp³-hybridized carbons (Fsp3) is 0.500. The number of anilines is 1. The Morgan fingerprint density at radius 3 is 2.19 bits per heavy atom. The minimum absolute atomic E-state index is 0.673. The molecule has 0 saturated heterocycles. The fourth-order valence-electron chi connectivity index (χ4n) is 1.55. The summed E-state index contributed by atoms with van der Waals surface area (Å²) in [6, 6.07) is 5.53. The van der Waals surface area contributed by atoms with E-state index in [1.54, 1.807) is 0 Å². The van der Waals surface area contributed by atoms with Gasteiger partial charge >= 0.3 is 0 Å². The number of nitrogens with zero attached hydrogens (tertiary/aromatic N) is 1. The molecule has 1 aromatic carbocycles. The van der Waals surface area contributed by atoms with Gasteiger partial charge in [-0.05, 0) is 25.2 Å². The van der Waals surface area contributed by atoms with Crippen molar-refractivity contribution in [1.82, 2.24) is 4.90 Å². The van der Waals surface area contributed by atoms with Gasteiger partial charge in [-0.2, -0.15) is 0 Å². The number of hydrogen-bond acceptors (Lipinski definition) is 2. The molecule has 0 aliphatic carbocycles. The average molecular weight is 261 g/mol. The molecule has 2 nitrogen and oxygen atoms in total. The number of benzene rings is 1. The van der Waals surface area contributed by atoms with Crippen LogP contribution in [0, 0.1) is 0 Å². The molecule has 0 bridgehead atoms. The zero-order valence-corrected chi connectivity index (χ0v) is 11.3. The molecule has 0 atom stereocenters. The van der Waals surface area contributed by atoms with Crippen LogP contribution in [0.15, 0.2) is 18.2 Å². The first-order chi connectivity index (χ1) is 7.69. The number of halogens is 2. The summed E-state index contributed by atoms with van der Waals surface area (Å²) in [5, 5.41) is 4.62. The molecular weight excluding hydrogens is 243 g/mol. The maximum Gasteiger partial charge on any atom is 0.0719 e. The Bertz CT molecular complexity index is 305. The van der Waals surface area contributed by atoms with E-state index in [1.807, 2.05) is 18.2 Å². The van der Waals surface area contributed by atoms with Crippen molar-refractivity contribution in [2.45, 2.75) is 13.8 Å². The van der Waals surface area contributed by atoms with Crippen molar-refractivity contribution < 1.29 is 0 Å². The number of rotatable bonds is 6. The smallest absolute Gasteiger partial charge is 0.0719 e. The maximum absolute atomic E-state index is 6.05. The minimum Gasteiger partial charge on any atom is -0.381 e. The van der Waals surface area contributed by atoms with Crippen molar-refractivity contribution in [1.29, 1.82) is 0 Å². The Kier molecular flexibility index (Phi) is 5.96. The van der Waals surface area contributed by atoms with Crippen molar-refractivity contribution in [2.24, 2.45) is 0 Å². The Balaban J connectivity index is 2.48. The fourth-order valence-corrected chi connectivity index (χ4v) is 2.08. The van der Waals surface area contributed by atoms with Crippen molar-refractivity contribution in [3.05, 3.63) is 28.2 Å². The lowest BCUT2D eigenvalue weighted by Gasteiger charge is -2.19. The Morgan fingerprint density at radius 1 is 1.12 bits per heavy atom. The lowest BCUT2D eigenvalue weighted by atomic mass is 10.3. The van der Waals surface area contributed by atoms with Crippen molar-refractivity contribution in [3.8, 4) is 0 Å². The number of likely N-dealkylation sites (N-methyl/N-ethyl adjacent to an activating group) is 1. The molecule has 90 valence electrons. The molecule has 0 saturated carbocycles. The first kappa shape index (κ1) is 13.6. The predicted molar refractivity (Wildman–Crippen MR) is 72.7 cm³/mol. The van der Waals surface area contributed by atoms with E-state index in [9.17, 15) is 0 Å². The first-order valence-corrected chi connectivity index (χ1v) is 6.34. The van der Waals surface area contributed by atoms with Crippen LogP contribution in [0.4, 0.5) is 5.69 Å². The largest absolute Gasteiger partial charge is 0.381 e. The lowest BCUT2D eigenvalue weighted by molar-refractivity contribution is 0.316. The maximum atomic E-state index is 6.05. The molecule has 0 aromatic heterocycles. The summed E-state index contributed by atoms with van der Waals surface area (Å²) in [5.74, 6) is 0. The molecule has 1 rings (SSSR count). The molecule has 1 aromatic rings. The van der Waals surface area contributed by atoms with Gasteiger partial charge in [-0.1, -0.05) is 43.1 Å². The first-order valence-electron chi connectivity index (χ1n) is 5.59. The third-order valence-corrected chi connectivity index (χ3v) is 3.22. The van der Waals surface area contributed by atoms with Gasteiger partial charge in [-0.15, -0.1) is 0 Å². The monoisotopic (exact) mass is 260 g/mol. The van der Waals surface area contributed by atoms with Gasteiger partial charge in [0.25, 0.3) is 0 Å². The molecule has 0 aliphatic rings. The quantitative estimate of drug-likeness (QED) is 0.839. The highest BCUT2D eigenvalue weighted by molar-refractivity contribution is 6.39. The molecule has 0 amide bonds. The molecule has 0 radical (unpaired) electrons. The highest BCUT2D eigenvalue weighted by Crippen LogP contribution is 2.29. The second kappa shape index (κ2) is 7.00. The van der Waals surface area contributed by atoms with E-state index in [-0.39, 0.29) is 0 Å². The summed E-state index contributed by atoms with van der Waals surface area (Å²) in [7, 11) is 0. The van der Waals surface area contributed by atoms with Crippen LogP contribution in [0.1, 0.15) is 13.8 Å². The summed E-state index contributed by atoms with van der Waals surface area (Å²) < 4.78 is 0. The number of hydrogen-bond donors (Lipinski definition) is 1. The highest BCUT2D eigenvalue weighted by Gasteiger charge is 2.04. The van der Waals surface area contributed by atoms with Crippen LogP contribution >= 0.6 is 23.2 Å². The molecule has 0 heterocycles. The molecule has 0 aliphatic heterocycles. The second-order valence-corrected chi connectivity index (χ2v) is 4.36. The van der Waals surface area contributed by atoms with Crippen molar-refractivity contribution in [3.63, 3.8) is 0 Å². The van der Waals surface area contributed by atoms with Crippen LogP contribution in [0.25, 0.3) is 0 Å². The molecule has 0 fully saturated rings. The normalized spacial score (nSPS) is 10.8. The van der Waals surface area contributed by atoms with Crippen LogP contribution in [-0.2, 0) is 0 Å². The Hall–Kier alpha value is -0.440. The standard InChI is InChI=1S/C12H18Cl2N2/c1-3-16(4-2)9-8-15-12-10(13)6-5-7-11(12)14/h5-7,15H,3-4,8-9H2,1-2H3. The minimum atomic E-state index is 0.673. The van der Waals surface area contributed by atoms with E-state index >= 15 is 0 Å². The molecule has 0 spiro atoms. The van der Waals surface area contributed by atoms with E-state index in [4.69, 9.17) is 23.2 Å². The van der Waals surface area contributed by atoms with Gasteiger partial charge in [0.1, 0.15) is 0 Å². The third-order valence-electron chi connectivity index (χ3n) is 2.59. The van der Waals surface area contributed by atoms with Crippen LogP contribution < -0.4 is 5.32 Å². The molecular formula is C12H18Cl2N2. The van der Waals surface area contributed by atoms with Crippen molar-refractivity contribution >= 4 is 28.9 Å². The molecule has 0 unspecified atom stereocenters. The van der Waals surface area contributed by atoms with Gasteiger partial charge in [0.2, 0.25) is 0 Å². The summed E-state index contributed by atoms with van der Waals surface area (Å²) >= 11 is 12.1. The van der Waals surface area contributed by atoms with Gasteiger partial charge in [0.15, 0.2) is 0 Å². The van der Waals surface area contributed by atoms with E-state index in [0.717, 1.165) is 31.9 Å². The van der Waals surface area contributed by atoms with Gasteiger partial charge in [-0.25, -0.2) is 0 Å². The van der Waals surface area contributed by atoms with Crippen LogP contribution in [0.3, 0.4) is 0 Å². The lowest BCUT2D eigenvalue weighted by Crippen LogP contribution is -2.28. The molecule has 16 heavy (non-hydrogen) atoms.